The number of rotatable bonds is 6. The number of halogens is 1. The minimum Gasteiger partial charge on any atom is -0.344 e. The second kappa shape index (κ2) is 7.34. The molecule has 1 aromatic heterocycles. The molecule has 0 bridgehead atoms. The Hall–Kier alpha value is -1.88. The summed E-state index contributed by atoms with van der Waals surface area (Å²) in [5.41, 5.74) is 0.797. The second-order valence-corrected chi connectivity index (χ2v) is 6.90. The van der Waals surface area contributed by atoms with Crippen molar-refractivity contribution in [3.63, 3.8) is 0 Å². The van der Waals surface area contributed by atoms with Gasteiger partial charge in [0, 0.05) is 16.5 Å². The van der Waals surface area contributed by atoms with Gasteiger partial charge in [-0.1, -0.05) is 55.6 Å². The molecule has 1 saturated carbocycles. The third-order valence-electron chi connectivity index (χ3n) is 4.78. The molecule has 1 aliphatic rings. The molecular formula is C18H22ClN3O2. The summed E-state index contributed by atoms with van der Waals surface area (Å²) in [5, 5.41) is 7.78. The van der Waals surface area contributed by atoms with Crippen molar-refractivity contribution in [2.75, 3.05) is 0 Å². The van der Waals surface area contributed by atoms with E-state index in [0.717, 1.165) is 31.2 Å². The maximum Gasteiger partial charge on any atom is 0.249 e. The predicted octanol–water partition coefficient (Wildman–Crippen LogP) is 4.39. The number of hydrogen-bond acceptors (Lipinski definition) is 4. The quantitative estimate of drug-likeness (QED) is 0.841. The van der Waals surface area contributed by atoms with Crippen LogP contribution in [0.15, 0.2) is 28.8 Å². The molecule has 1 N–H and O–H groups in total. The van der Waals surface area contributed by atoms with Gasteiger partial charge in [-0.15, -0.1) is 0 Å². The minimum absolute atomic E-state index is 0.0917. The van der Waals surface area contributed by atoms with Crippen LogP contribution in [0.1, 0.15) is 51.5 Å². The molecule has 24 heavy (non-hydrogen) atoms. The van der Waals surface area contributed by atoms with Crippen LogP contribution in [0, 0.1) is 11.8 Å². The zero-order valence-corrected chi connectivity index (χ0v) is 14.7. The molecule has 0 saturated heterocycles. The Kier molecular flexibility index (Phi) is 5.19. The molecule has 3 rings (SSSR count). The molecule has 1 fully saturated rings. The lowest BCUT2D eigenvalue weighted by atomic mass is 9.84. The van der Waals surface area contributed by atoms with Gasteiger partial charge in [0.05, 0.1) is 0 Å². The van der Waals surface area contributed by atoms with E-state index >= 15 is 0 Å². The van der Waals surface area contributed by atoms with Gasteiger partial charge >= 0.3 is 0 Å². The fraction of sp³-hybridized carbons (Fsp3) is 0.500. The maximum atomic E-state index is 12.3. The highest BCUT2D eigenvalue weighted by Crippen LogP contribution is 2.30. The number of amides is 1. The molecule has 1 heterocycles. The first-order valence-electron chi connectivity index (χ1n) is 8.48. The van der Waals surface area contributed by atoms with Crippen molar-refractivity contribution >= 4 is 17.5 Å². The van der Waals surface area contributed by atoms with Crippen molar-refractivity contribution in [2.24, 2.45) is 11.8 Å². The van der Waals surface area contributed by atoms with E-state index < -0.39 is 0 Å². The van der Waals surface area contributed by atoms with Gasteiger partial charge in [0.1, 0.15) is 6.04 Å². The van der Waals surface area contributed by atoms with Crippen molar-refractivity contribution in [1.29, 1.82) is 0 Å². The first-order valence-corrected chi connectivity index (χ1v) is 8.86. The molecule has 0 unspecified atom stereocenters. The van der Waals surface area contributed by atoms with E-state index in [1.807, 2.05) is 12.1 Å². The first kappa shape index (κ1) is 17.0. The highest BCUT2D eigenvalue weighted by molar-refractivity contribution is 6.30. The Balaban J connectivity index is 1.81. The molecule has 1 aromatic carbocycles. The number of aromatic nitrogens is 2. The summed E-state index contributed by atoms with van der Waals surface area (Å²) in [6.45, 7) is 4.16. The summed E-state index contributed by atoms with van der Waals surface area (Å²) in [6.07, 6.45) is 3.98. The van der Waals surface area contributed by atoms with Crippen LogP contribution in [0.3, 0.4) is 0 Å². The number of nitrogens with one attached hydrogen (secondary N) is 1. The second-order valence-electron chi connectivity index (χ2n) is 6.47. The fourth-order valence-corrected chi connectivity index (χ4v) is 2.92. The van der Waals surface area contributed by atoms with Crippen LogP contribution in [-0.4, -0.2) is 16.0 Å². The van der Waals surface area contributed by atoms with E-state index in [2.05, 4.69) is 29.3 Å². The Morgan fingerprint density at radius 3 is 2.88 bits per heavy atom. The summed E-state index contributed by atoms with van der Waals surface area (Å²) < 4.78 is 5.46. The van der Waals surface area contributed by atoms with Crippen molar-refractivity contribution in [2.45, 2.75) is 45.6 Å². The molecule has 0 aliphatic heterocycles. The van der Waals surface area contributed by atoms with Crippen LogP contribution in [0.25, 0.3) is 11.4 Å². The summed E-state index contributed by atoms with van der Waals surface area (Å²) >= 11 is 6.02. The van der Waals surface area contributed by atoms with Crippen LogP contribution < -0.4 is 5.32 Å². The monoisotopic (exact) mass is 347 g/mol. The average molecular weight is 348 g/mol. The van der Waals surface area contributed by atoms with Crippen LogP contribution >= 0.6 is 11.6 Å². The number of nitrogens with zero attached hydrogens (tertiary/aromatic N) is 2. The topological polar surface area (TPSA) is 68.0 Å². The molecule has 1 amide bonds. The van der Waals surface area contributed by atoms with Gasteiger partial charge in [-0.05, 0) is 30.9 Å². The van der Waals surface area contributed by atoms with Gasteiger partial charge in [-0.2, -0.15) is 4.98 Å². The number of hydrogen-bond donors (Lipinski definition) is 1. The third-order valence-corrected chi connectivity index (χ3v) is 5.01. The van der Waals surface area contributed by atoms with E-state index in [-0.39, 0.29) is 23.8 Å². The zero-order valence-electron chi connectivity index (χ0n) is 14.0. The van der Waals surface area contributed by atoms with Gasteiger partial charge in [0.25, 0.3) is 0 Å². The Bertz CT molecular complexity index is 712. The van der Waals surface area contributed by atoms with Gasteiger partial charge in [0.2, 0.25) is 17.6 Å². The maximum absolute atomic E-state index is 12.3. The molecule has 2 atom stereocenters. The molecule has 1 aliphatic carbocycles. The molecule has 128 valence electrons. The third kappa shape index (κ3) is 3.61. The number of carbonyl (C=O) groups excluding carboxylic acids is 1. The zero-order chi connectivity index (χ0) is 17.1. The lowest BCUT2D eigenvalue weighted by molar-refractivity contribution is -0.128. The highest BCUT2D eigenvalue weighted by atomic mass is 35.5. The Labute approximate surface area is 146 Å². The fourth-order valence-electron chi connectivity index (χ4n) is 2.73. The van der Waals surface area contributed by atoms with Gasteiger partial charge in [0.15, 0.2) is 0 Å². The Morgan fingerprint density at radius 1 is 1.46 bits per heavy atom. The molecule has 2 aromatic rings. The van der Waals surface area contributed by atoms with Crippen LogP contribution in [-0.2, 0) is 4.79 Å². The molecule has 0 spiro atoms. The lowest BCUT2D eigenvalue weighted by Crippen LogP contribution is -2.39. The summed E-state index contributed by atoms with van der Waals surface area (Å²) in [4.78, 5) is 16.8. The number of carbonyl (C=O) groups is 1. The summed E-state index contributed by atoms with van der Waals surface area (Å²) in [7, 11) is 0. The van der Waals surface area contributed by atoms with E-state index in [9.17, 15) is 4.79 Å². The van der Waals surface area contributed by atoms with Crippen molar-refractivity contribution in [3.05, 3.63) is 35.2 Å². The first-order chi connectivity index (χ1) is 11.6. The predicted molar refractivity (Wildman–Crippen MR) is 92.4 cm³/mol. The van der Waals surface area contributed by atoms with Crippen molar-refractivity contribution in [1.82, 2.24) is 15.5 Å². The van der Waals surface area contributed by atoms with Gasteiger partial charge in [-0.25, -0.2) is 0 Å². The van der Waals surface area contributed by atoms with Crippen molar-refractivity contribution < 1.29 is 9.32 Å². The van der Waals surface area contributed by atoms with Crippen molar-refractivity contribution in [3.8, 4) is 11.4 Å². The normalized spacial score (nSPS) is 17.1. The Morgan fingerprint density at radius 2 is 2.25 bits per heavy atom. The van der Waals surface area contributed by atoms with E-state index in [4.69, 9.17) is 16.1 Å². The largest absolute Gasteiger partial charge is 0.344 e. The minimum atomic E-state index is -0.261. The average Bonchev–Trinajstić information content (AvgIpc) is 3.00. The smallest absolute Gasteiger partial charge is 0.249 e. The number of benzene rings is 1. The van der Waals surface area contributed by atoms with Gasteiger partial charge < -0.3 is 9.84 Å². The van der Waals surface area contributed by atoms with Gasteiger partial charge in [-0.3, -0.25) is 4.79 Å². The summed E-state index contributed by atoms with van der Waals surface area (Å²) in [5.74, 6) is 1.37. The lowest BCUT2D eigenvalue weighted by Gasteiger charge is -2.28. The van der Waals surface area contributed by atoms with E-state index in [0.29, 0.717) is 16.7 Å². The summed E-state index contributed by atoms with van der Waals surface area (Å²) in [6, 6.07) is 7.06. The molecule has 0 radical (unpaired) electrons. The highest BCUT2D eigenvalue weighted by Gasteiger charge is 2.31. The van der Waals surface area contributed by atoms with E-state index in [1.165, 1.54) is 0 Å². The van der Waals surface area contributed by atoms with Crippen LogP contribution in [0.4, 0.5) is 0 Å². The molecular weight excluding hydrogens is 326 g/mol. The SMILES string of the molecule is CC[C@@H](C)[C@@H](NC(=O)C1CCC1)c1nc(-c2cccc(Cl)c2)no1. The molecule has 5 nitrogen and oxygen atoms in total. The standard InChI is InChI=1S/C18H22ClN3O2/c1-3-11(2)15(20-17(23)12-6-4-7-12)18-21-16(22-24-18)13-8-5-9-14(19)10-13/h5,8-12,15H,3-4,6-7H2,1-2H3,(H,20,23)/t11-,15-/m1/s1. The van der Waals surface area contributed by atoms with Crippen LogP contribution in [0.5, 0.6) is 0 Å². The molecule has 6 heteroatoms. The van der Waals surface area contributed by atoms with E-state index in [1.54, 1.807) is 12.1 Å². The van der Waals surface area contributed by atoms with Crippen LogP contribution in [0.2, 0.25) is 5.02 Å².